The Morgan fingerprint density at radius 1 is 0.430 bits per heavy atom. The van der Waals surface area contributed by atoms with E-state index in [1.54, 1.807) is 37.4 Å². The minimum absolute atomic E-state index is 0. The number of thiol groups is 1. The number of rotatable bonds is 10. The quantitative estimate of drug-likeness (QED) is 0.0461. The molecule has 4 aromatic heterocycles. The summed E-state index contributed by atoms with van der Waals surface area (Å²) in [5.41, 5.74) is -12.4. The molecule has 548 valence electrons. The van der Waals surface area contributed by atoms with Gasteiger partial charge in [0, 0.05) is 40.3 Å². The van der Waals surface area contributed by atoms with Crippen molar-refractivity contribution >= 4 is 102 Å². The third-order valence-corrected chi connectivity index (χ3v) is 17.0. The first-order chi connectivity index (χ1) is 43.3. The van der Waals surface area contributed by atoms with Gasteiger partial charge in [0.25, 0.3) is 0 Å². The van der Waals surface area contributed by atoms with Crippen LogP contribution in [0.5, 0.6) is 0 Å². The number of aromatic nitrogens is 4. The fourth-order valence-corrected chi connectivity index (χ4v) is 11.3. The van der Waals surface area contributed by atoms with Gasteiger partial charge in [0.05, 0.1) is 103 Å². The van der Waals surface area contributed by atoms with Crippen molar-refractivity contribution in [3.05, 3.63) is 233 Å². The van der Waals surface area contributed by atoms with E-state index in [4.69, 9.17) is 58.0 Å². The van der Waals surface area contributed by atoms with Gasteiger partial charge in [-0.3, -0.25) is 19.9 Å². The maximum absolute atomic E-state index is 14.3. The van der Waals surface area contributed by atoms with Crippen LogP contribution in [0, 0.1) is 6.92 Å². The number of nitrogens with zero attached hydrogens (tertiary/aromatic N) is 4. The second kappa shape index (κ2) is 39.2. The molecule has 9 nitrogen and oxygen atoms in total. The average Bonchev–Trinajstić information content (AvgIpc) is 0.779. The molecular weight excluding hydrogens is 1590 g/mol. The van der Waals surface area contributed by atoms with Gasteiger partial charge in [0.15, 0.2) is 9.84 Å². The predicted octanol–water partition coefficient (Wildman–Crippen LogP) is 20.5. The van der Waals surface area contributed by atoms with Crippen LogP contribution in [-0.4, -0.2) is 42.2 Å². The van der Waals surface area contributed by atoms with Crippen LogP contribution in [0.25, 0.3) is 0 Å². The maximum Gasteiger partial charge on any atom is 1.00 e. The van der Waals surface area contributed by atoms with Crippen LogP contribution in [-0.2, 0) is 80.3 Å². The molecule has 1 N–H and O–H groups in total. The van der Waals surface area contributed by atoms with Crippen LogP contribution in [0.15, 0.2) is 166 Å². The Labute approximate surface area is 614 Å². The molecule has 8 rings (SSSR count). The van der Waals surface area contributed by atoms with Gasteiger partial charge in [0.1, 0.15) is 0 Å². The van der Waals surface area contributed by atoms with Crippen LogP contribution < -0.4 is 29.6 Å². The van der Waals surface area contributed by atoms with Gasteiger partial charge in [-0.15, -0.1) is 36.0 Å². The van der Waals surface area contributed by atoms with Gasteiger partial charge in [-0.2, -0.15) is 92.2 Å². The molecule has 0 spiro atoms. The molecule has 1 unspecified atom stereocenters. The summed E-state index contributed by atoms with van der Waals surface area (Å²) >= 11 is 32.5. The molecule has 0 aliphatic carbocycles. The predicted molar refractivity (Wildman–Crippen MR) is 333 cm³/mol. The second-order valence-corrected chi connectivity index (χ2v) is 26.2. The minimum atomic E-state index is -5.27. The van der Waals surface area contributed by atoms with Crippen LogP contribution in [0.4, 0.5) is 96.6 Å². The first-order valence-corrected chi connectivity index (χ1v) is 31.5. The number of benzene rings is 4. The van der Waals surface area contributed by atoms with Crippen LogP contribution in [0.2, 0.25) is 20.1 Å². The van der Waals surface area contributed by atoms with Gasteiger partial charge in [-0.25, -0.2) is 21.2 Å². The summed E-state index contributed by atoms with van der Waals surface area (Å²) in [5, 5.41) is 1.25. The van der Waals surface area contributed by atoms with E-state index in [0.717, 1.165) is 54.1 Å². The van der Waals surface area contributed by atoms with Gasteiger partial charge in [0.2, 0.25) is 15.3 Å². The van der Waals surface area contributed by atoms with E-state index < -0.39 is 129 Å². The standard InChI is InChI=1S/C14H7ClF7NO2S.C14H8ClF6NO2S.C14H8ClF6NS.C8H7F3S.C6H5Cl2N.3CH4.Na.H2O/c15-9-1-2-11(23-6-9)12(16)26(24,25)10-4-7(13(17,18)19)3-8(5-10)14(20,21)22;15-10-1-2-11(22-6-10)7-25(23,24)12-4-8(13(16,17)18)3-9(5-12)14(19,20)21;15-10-1-2-11(22-6-10)7-23-12-4-8(13(16,17)18)3-9(5-12)14(19,20)21;1-5-2-6(8(9,10)11)4-7(12)3-5;7-3-6-2-1-5(8)4-9-6;;;;;/h1-6,12H;1-6H,7H2;1-6H,7H2;2-4,12H,1H3;1-2,4H,3H2;3*1H4;;1H2/q;;;;;;;;+1;/p-1. The minimum Gasteiger partial charge on any atom is -0.870 e. The number of pyridine rings is 4. The summed E-state index contributed by atoms with van der Waals surface area (Å²) in [4.78, 5) is 12.6. The van der Waals surface area contributed by atoms with Crippen molar-refractivity contribution < 1.29 is 148 Å². The van der Waals surface area contributed by atoms with Gasteiger partial charge < -0.3 is 5.48 Å². The molecule has 0 bridgehead atoms. The van der Waals surface area contributed by atoms with E-state index in [0.29, 0.717) is 44.2 Å². The van der Waals surface area contributed by atoms with Crippen LogP contribution in [0.1, 0.15) is 95.1 Å². The summed E-state index contributed by atoms with van der Waals surface area (Å²) in [7, 11) is -9.74. The van der Waals surface area contributed by atoms with Crippen molar-refractivity contribution in [1.82, 2.24) is 19.9 Å². The molecule has 1 atom stereocenters. The number of thioether (sulfide) groups is 1. The number of hydrogen-bond donors (Lipinski definition) is 1. The Bertz CT molecular complexity index is 4010. The van der Waals surface area contributed by atoms with E-state index in [9.17, 15) is 113 Å². The molecule has 0 saturated heterocycles. The first kappa shape index (κ1) is 97.0. The summed E-state index contributed by atoms with van der Waals surface area (Å²) in [6.45, 7) is 1.61. The zero-order chi connectivity index (χ0) is 72.3. The first-order valence-electron chi connectivity index (χ1n) is 24.8. The fourth-order valence-electron chi connectivity index (χ4n) is 6.84. The molecule has 100 heavy (non-hydrogen) atoms. The summed E-state index contributed by atoms with van der Waals surface area (Å²) < 4.78 is 330. The SMILES string of the molecule is C.C.C.Cc1cc(S)cc(C(F)(F)F)c1.ClCc1ccc(Cl)cn1.FC(F)(F)c1cc(SCc2ccc(Cl)cn2)cc(C(F)(F)F)c1.O=S(=O)(Cc1ccc(Cl)cn1)c1cc(C(F)(F)F)cc(C(F)(F)F)c1.O=S(=O)(c1cc(C(F)(F)F)cc(C(F)(F)F)c1)C(F)c1ccc(Cl)cn1.[Na+].[OH-]. The van der Waals surface area contributed by atoms with Crippen molar-refractivity contribution in [1.29, 1.82) is 0 Å². The van der Waals surface area contributed by atoms with Gasteiger partial charge >= 0.3 is 72.8 Å². The van der Waals surface area contributed by atoms with E-state index in [1.165, 1.54) is 24.4 Å². The molecule has 8 aromatic rings. The van der Waals surface area contributed by atoms with Crippen LogP contribution >= 0.6 is 82.4 Å². The molecular formula is C59H48Cl5F22N4NaO5S4. The number of sulfone groups is 2. The molecule has 0 amide bonds. The zero-order valence-corrected chi connectivity index (χ0v) is 56.9. The normalized spacial score (nSPS) is 12.1. The summed E-state index contributed by atoms with van der Waals surface area (Å²) in [5.74, 6) is -0.310. The van der Waals surface area contributed by atoms with E-state index in [2.05, 4.69) is 32.6 Å². The Kier molecular flexibility index (Phi) is 38.0. The number of aryl methyl sites for hydroxylation is 1. The molecule has 0 fully saturated rings. The molecule has 4 aromatic carbocycles. The number of halogens is 27. The third kappa shape index (κ3) is 31.1. The molecule has 41 heteroatoms. The Morgan fingerprint density at radius 2 is 0.740 bits per heavy atom. The van der Waals surface area contributed by atoms with Crippen molar-refractivity contribution in [3.63, 3.8) is 0 Å². The number of alkyl halides is 23. The monoisotopic (exact) mass is 1640 g/mol. The van der Waals surface area contributed by atoms with Crippen molar-refractivity contribution in [2.75, 3.05) is 0 Å². The van der Waals surface area contributed by atoms with E-state index in [-0.39, 0.29) is 126 Å². The van der Waals surface area contributed by atoms with E-state index in [1.807, 2.05) is 0 Å². The van der Waals surface area contributed by atoms with Gasteiger partial charge in [-0.1, -0.05) is 68.7 Å². The molecule has 0 aliphatic rings. The average molecular weight is 1640 g/mol. The fraction of sp³-hybridized carbons (Fsp3) is 0.254. The van der Waals surface area contributed by atoms with E-state index >= 15 is 0 Å². The smallest absolute Gasteiger partial charge is 0.870 e. The van der Waals surface area contributed by atoms with Crippen molar-refractivity contribution in [3.8, 4) is 0 Å². The van der Waals surface area contributed by atoms with Gasteiger partial charge in [-0.05, 0) is 134 Å². The van der Waals surface area contributed by atoms with Crippen molar-refractivity contribution in [2.24, 2.45) is 0 Å². The number of hydrogen-bond acceptors (Lipinski definition) is 11. The largest absolute Gasteiger partial charge is 1.00 e. The second-order valence-electron chi connectivity index (χ2n) is 18.6. The molecule has 0 aliphatic heterocycles. The van der Waals surface area contributed by atoms with Crippen LogP contribution in [0.3, 0.4) is 0 Å². The topological polar surface area (TPSA) is 150 Å². The Balaban J connectivity index is 0. The third-order valence-electron chi connectivity index (χ3n) is 11.2. The Morgan fingerprint density at radius 3 is 1.05 bits per heavy atom. The molecule has 4 heterocycles. The zero-order valence-electron chi connectivity index (χ0n) is 47.8. The maximum atomic E-state index is 14.3. The summed E-state index contributed by atoms with van der Waals surface area (Å²) in [6.07, 6.45) is -29.9. The molecule has 0 radical (unpaired) electrons. The summed E-state index contributed by atoms with van der Waals surface area (Å²) in [6, 6.07) is 16.1. The van der Waals surface area contributed by atoms with Crippen molar-refractivity contribution in [2.45, 2.75) is 115 Å². The molecule has 0 saturated carbocycles. The Hall–Kier alpha value is -5.05.